The summed E-state index contributed by atoms with van der Waals surface area (Å²) in [7, 11) is 0. The molecule has 1 amide bonds. The van der Waals surface area contributed by atoms with Crippen LogP contribution >= 0.6 is 11.6 Å². The van der Waals surface area contributed by atoms with Gasteiger partial charge in [0.1, 0.15) is 5.82 Å². The minimum atomic E-state index is -0.469. The molecule has 1 aromatic carbocycles. The first kappa shape index (κ1) is 13.7. The fourth-order valence-electron chi connectivity index (χ4n) is 1.20. The van der Waals surface area contributed by atoms with Crippen molar-refractivity contribution in [3.05, 3.63) is 40.7 Å². The van der Waals surface area contributed by atoms with Crippen LogP contribution in [0.15, 0.2) is 24.3 Å². The van der Waals surface area contributed by atoms with Gasteiger partial charge < -0.3 is 5.32 Å². The Balaban J connectivity index is 2.71. The van der Waals surface area contributed by atoms with Crippen LogP contribution in [0.25, 0.3) is 6.08 Å². The number of hydrogen-bond donors (Lipinski definition) is 1. The molecule has 1 N–H and O–H groups in total. The Bertz CT molecular complexity index is 449. The molecule has 0 aliphatic heterocycles. The highest BCUT2D eigenvalue weighted by Crippen LogP contribution is 2.16. The Hall–Kier alpha value is -1.35. The Morgan fingerprint density at radius 1 is 1.41 bits per heavy atom. The van der Waals surface area contributed by atoms with Gasteiger partial charge in [-0.1, -0.05) is 17.7 Å². The van der Waals surface area contributed by atoms with Crippen LogP contribution in [-0.2, 0) is 4.79 Å². The lowest BCUT2D eigenvalue weighted by Crippen LogP contribution is -2.39. The summed E-state index contributed by atoms with van der Waals surface area (Å²) in [5.41, 5.74) is 0.405. The van der Waals surface area contributed by atoms with Crippen LogP contribution in [-0.4, -0.2) is 11.4 Å². The fraction of sp³-hybridized carbons (Fsp3) is 0.308. The van der Waals surface area contributed by atoms with Gasteiger partial charge in [-0.25, -0.2) is 4.39 Å². The maximum Gasteiger partial charge on any atom is 0.244 e. The Kier molecular flexibility index (Phi) is 4.29. The number of carbonyl (C=O) groups is 1. The van der Waals surface area contributed by atoms with Gasteiger partial charge in [0, 0.05) is 11.6 Å². The number of nitrogens with one attached hydrogen (secondary N) is 1. The lowest BCUT2D eigenvalue weighted by atomic mass is 10.1. The molecule has 0 aromatic heterocycles. The van der Waals surface area contributed by atoms with Crippen molar-refractivity contribution >= 4 is 23.6 Å². The summed E-state index contributed by atoms with van der Waals surface area (Å²) in [6, 6.07) is 4.30. The van der Waals surface area contributed by atoms with Gasteiger partial charge in [0.15, 0.2) is 0 Å². The largest absolute Gasteiger partial charge is 0.348 e. The molecular formula is C13H15ClFNO. The number of hydrogen-bond acceptors (Lipinski definition) is 1. The summed E-state index contributed by atoms with van der Waals surface area (Å²) in [5.74, 6) is -0.666. The highest BCUT2D eigenvalue weighted by molar-refractivity contribution is 6.30. The second kappa shape index (κ2) is 5.32. The average molecular weight is 256 g/mol. The average Bonchev–Trinajstić information content (AvgIpc) is 2.17. The molecule has 0 heterocycles. The van der Waals surface area contributed by atoms with E-state index in [1.807, 2.05) is 20.8 Å². The third kappa shape index (κ3) is 5.00. The van der Waals surface area contributed by atoms with Gasteiger partial charge in [0.2, 0.25) is 5.91 Å². The molecule has 92 valence electrons. The van der Waals surface area contributed by atoms with Crippen molar-refractivity contribution in [1.82, 2.24) is 5.32 Å². The summed E-state index contributed by atoms with van der Waals surface area (Å²) in [5, 5.41) is 2.83. The number of amides is 1. The van der Waals surface area contributed by atoms with E-state index in [1.54, 1.807) is 12.1 Å². The van der Waals surface area contributed by atoms with Crippen LogP contribution in [0.1, 0.15) is 26.3 Å². The van der Waals surface area contributed by atoms with Crippen molar-refractivity contribution in [3.8, 4) is 0 Å². The van der Waals surface area contributed by atoms with Crippen molar-refractivity contribution in [2.75, 3.05) is 0 Å². The number of halogens is 2. The molecule has 0 aliphatic carbocycles. The highest BCUT2D eigenvalue weighted by Gasteiger charge is 2.11. The molecule has 1 rings (SSSR count). The molecule has 0 unspecified atom stereocenters. The molecule has 0 bridgehead atoms. The molecule has 0 radical (unpaired) electrons. The van der Waals surface area contributed by atoms with Crippen LogP contribution in [0.5, 0.6) is 0 Å². The van der Waals surface area contributed by atoms with E-state index in [-0.39, 0.29) is 16.5 Å². The fourth-order valence-corrected chi connectivity index (χ4v) is 1.39. The van der Waals surface area contributed by atoms with Gasteiger partial charge in [-0.05, 0) is 44.5 Å². The minimum Gasteiger partial charge on any atom is -0.348 e. The summed E-state index contributed by atoms with van der Waals surface area (Å²) in [6.45, 7) is 5.69. The second-order valence-corrected chi connectivity index (χ2v) is 5.15. The van der Waals surface area contributed by atoms with Crippen molar-refractivity contribution in [1.29, 1.82) is 0 Å². The third-order valence-corrected chi connectivity index (χ3v) is 2.16. The third-order valence-electron chi connectivity index (χ3n) is 1.87. The Morgan fingerprint density at radius 3 is 2.59 bits per heavy atom. The summed E-state index contributed by atoms with van der Waals surface area (Å²) in [4.78, 5) is 11.5. The Morgan fingerprint density at radius 2 is 2.06 bits per heavy atom. The maximum atomic E-state index is 12.9. The van der Waals surface area contributed by atoms with Crippen LogP contribution in [0, 0.1) is 5.82 Å². The first-order chi connectivity index (χ1) is 7.78. The molecule has 1 aromatic rings. The molecule has 4 heteroatoms. The first-order valence-electron chi connectivity index (χ1n) is 5.23. The topological polar surface area (TPSA) is 29.1 Å². The molecule has 0 saturated heterocycles. The smallest absolute Gasteiger partial charge is 0.244 e. The second-order valence-electron chi connectivity index (χ2n) is 4.75. The predicted molar refractivity (Wildman–Crippen MR) is 68.3 cm³/mol. The van der Waals surface area contributed by atoms with Gasteiger partial charge in [0.25, 0.3) is 0 Å². The quantitative estimate of drug-likeness (QED) is 0.807. The van der Waals surface area contributed by atoms with E-state index in [0.717, 1.165) is 0 Å². The molecule has 0 atom stereocenters. The lowest BCUT2D eigenvalue weighted by Gasteiger charge is -2.18. The van der Waals surface area contributed by atoms with Crippen LogP contribution in [0.2, 0.25) is 5.02 Å². The van der Waals surface area contributed by atoms with Crippen LogP contribution < -0.4 is 5.32 Å². The van der Waals surface area contributed by atoms with E-state index >= 15 is 0 Å². The number of benzene rings is 1. The molecule has 0 saturated carbocycles. The number of carbonyl (C=O) groups excluding carboxylic acids is 1. The summed E-state index contributed by atoms with van der Waals surface area (Å²) >= 11 is 5.63. The standard InChI is InChI=1S/C13H15ClFNO/c1-13(2,3)16-12(17)7-5-9-4-6-11(15)10(14)8-9/h4-8H,1-3H3,(H,16,17). The zero-order valence-electron chi connectivity index (χ0n) is 10.1. The van der Waals surface area contributed by atoms with Gasteiger partial charge in [-0.3, -0.25) is 4.79 Å². The summed E-state index contributed by atoms with van der Waals surface area (Å²) < 4.78 is 12.9. The first-order valence-corrected chi connectivity index (χ1v) is 5.61. The van der Waals surface area contributed by atoms with E-state index < -0.39 is 5.82 Å². The molecule has 0 aliphatic rings. The molecule has 0 spiro atoms. The number of rotatable bonds is 2. The van der Waals surface area contributed by atoms with Gasteiger partial charge in [-0.15, -0.1) is 0 Å². The molecule has 2 nitrogen and oxygen atoms in total. The monoisotopic (exact) mass is 255 g/mol. The van der Waals surface area contributed by atoms with Crippen molar-refractivity contribution < 1.29 is 9.18 Å². The Labute approximate surface area is 105 Å². The minimum absolute atomic E-state index is 0.0448. The van der Waals surface area contributed by atoms with E-state index in [0.29, 0.717) is 5.56 Å². The van der Waals surface area contributed by atoms with Crippen LogP contribution in [0.3, 0.4) is 0 Å². The van der Waals surface area contributed by atoms with E-state index in [1.165, 1.54) is 18.2 Å². The zero-order chi connectivity index (χ0) is 13.1. The van der Waals surface area contributed by atoms with Gasteiger partial charge >= 0.3 is 0 Å². The van der Waals surface area contributed by atoms with E-state index in [4.69, 9.17) is 11.6 Å². The van der Waals surface area contributed by atoms with E-state index in [2.05, 4.69) is 5.32 Å². The van der Waals surface area contributed by atoms with Gasteiger partial charge in [0.05, 0.1) is 5.02 Å². The summed E-state index contributed by atoms with van der Waals surface area (Å²) in [6.07, 6.45) is 2.99. The van der Waals surface area contributed by atoms with Crippen molar-refractivity contribution in [2.24, 2.45) is 0 Å². The molecule has 17 heavy (non-hydrogen) atoms. The maximum absolute atomic E-state index is 12.9. The van der Waals surface area contributed by atoms with Crippen molar-refractivity contribution in [2.45, 2.75) is 26.3 Å². The lowest BCUT2D eigenvalue weighted by molar-refractivity contribution is -0.117. The van der Waals surface area contributed by atoms with Crippen molar-refractivity contribution in [3.63, 3.8) is 0 Å². The molecular weight excluding hydrogens is 241 g/mol. The van der Waals surface area contributed by atoms with Gasteiger partial charge in [-0.2, -0.15) is 0 Å². The van der Waals surface area contributed by atoms with E-state index in [9.17, 15) is 9.18 Å². The molecule has 0 fully saturated rings. The zero-order valence-corrected chi connectivity index (χ0v) is 10.8. The SMILES string of the molecule is CC(C)(C)NC(=O)C=Cc1ccc(F)c(Cl)c1. The normalized spacial score (nSPS) is 11.8. The highest BCUT2D eigenvalue weighted by atomic mass is 35.5. The van der Waals surface area contributed by atoms with Crippen LogP contribution in [0.4, 0.5) is 4.39 Å². The predicted octanol–water partition coefficient (Wildman–Crippen LogP) is 3.41.